The maximum absolute atomic E-state index is 12.2. The molecule has 0 heterocycles. The highest BCUT2D eigenvalue weighted by molar-refractivity contribution is 5.39. The van der Waals surface area contributed by atoms with Crippen molar-refractivity contribution >= 4 is 11.4 Å². The van der Waals surface area contributed by atoms with Crippen LogP contribution in [0.15, 0.2) is 36.4 Å². The van der Waals surface area contributed by atoms with E-state index >= 15 is 0 Å². The Morgan fingerprint density at radius 2 is 0.944 bits per heavy atom. The lowest BCUT2D eigenvalue weighted by atomic mass is 10.3. The van der Waals surface area contributed by atoms with Gasteiger partial charge < -0.3 is 11.5 Å². The van der Waals surface area contributed by atoms with Gasteiger partial charge in [0.1, 0.15) is 0 Å². The number of nitrogens with two attached hydrogens (primary N) is 2. The Morgan fingerprint density at radius 1 is 0.611 bits per heavy atom. The van der Waals surface area contributed by atoms with Gasteiger partial charge in [-0.05, 0) is 24.3 Å². The Balaban J connectivity index is 0.000000180. The molecule has 2 nitrogen and oxygen atoms in total. The van der Waals surface area contributed by atoms with Gasteiger partial charge in [-0.2, -0.15) is 0 Å². The van der Waals surface area contributed by atoms with Crippen LogP contribution >= 0.6 is 0 Å². The summed E-state index contributed by atoms with van der Waals surface area (Å²) >= 11 is 0. The molecule has 0 spiro atoms. The van der Waals surface area contributed by atoms with Crippen molar-refractivity contribution in [3.63, 3.8) is 0 Å². The van der Waals surface area contributed by atoms with Crippen LogP contribution < -0.4 is 11.5 Å². The number of hydrogen-bond acceptors (Lipinski definition) is 2. The Labute approximate surface area is 101 Å². The molecule has 0 bridgehead atoms. The van der Waals surface area contributed by atoms with Gasteiger partial charge in [0.05, 0.1) is 11.4 Å². The van der Waals surface area contributed by atoms with Gasteiger partial charge in [0.15, 0.2) is 23.3 Å². The summed E-state index contributed by atoms with van der Waals surface area (Å²) in [5.74, 6) is -3.76. The summed E-state index contributed by atoms with van der Waals surface area (Å²) < 4.78 is 48.7. The fourth-order valence-electron chi connectivity index (χ4n) is 1.04. The van der Waals surface area contributed by atoms with E-state index in [9.17, 15) is 17.6 Å². The van der Waals surface area contributed by atoms with Crippen molar-refractivity contribution in [2.24, 2.45) is 0 Å². The van der Waals surface area contributed by atoms with Crippen molar-refractivity contribution in [1.29, 1.82) is 0 Å². The molecule has 2 rings (SSSR count). The highest BCUT2D eigenvalue weighted by Crippen LogP contribution is 2.12. The average Bonchev–Trinajstić information content (AvgIpc) is 2.34. The van der Waals surface area contributed by atoms with Crippen LogP contribution in [0.4, 0.5) is 28.9 Å². The summed E-state index contributed by atoms with van der Waals surface area (Å²) in [6, 6.07) is 7.36. The van der Waals surface area contributed by atoms with E-state index in [2.05, 4.69) is 0 Å². The number of hydrogen-bond donors (Lipinski definition) is 2. The van der Waals surface area contributed by atoms with E-state index in [1.54, 1.807) is 0 Å². The van der Waals surface area contributed by atoms with Crippen LogP contribution in [-0.2, 0) is 0 Å². The second kappa shape index (κ2) is 5.90. The largest absolute Gasteiger partial charge is 0.396 e. The van der Waals surface area contributed by atoms with Crippen molar-refractivity contribution in [2.45, 2.75) is 0 Å². The molecule has 0 aromatic heterocycles. The van der Waals surface area contributed by atoms with Crippen LogP contribution in [0.25, 0.3) is 0 Å². The lowest BCUT2D eigenvalue weighted by Gasteiger charge is -1.93. The normalized spacial score (nSPS) is 9.56. The highest BCUT2D eigenvalue weighted by Gasteiger charge is 2.02. The molecular formula is C12H10F4N2. The fraction of sp³-hybridized carbons (Fsp3) is 0. The molecule has 0 saturated carbocycles. The lowest BCUT2D eigenvalue weighted by molar-refractivity contribution is 0.512. The molecule has 2 aromatic rings. The molecule has 96 valence electrons. The third-order valence-corrected chi connectivity index (χ3v) is 1.96. The first-order valence-electron chi connectivity index (χ1n) is 4.82. The van der Waals surface area contributed by atoms with Crippen LogP contribution in [0, 0.1) is 23.3 Å². The van der Waals surface area contributed by atoms with Crippen molar-refractivity contribution in [1.82, 2.24) is 0 Å². The van der Waals surface area contributed by atoms with Gasteiger partial charge in [-0.15, -0.1) is 0 Å². The van der Waals surface area contributed by atoms with Gasteiger partial charge in [-0.1, -0.05) is 12.1 Å². The van der Waals surface area contributed by atoms with Gasteiger partial charge in [0.25, 0.3) is 0 Å². The number of benzene rings is 2. The predicted octanol–water partition coefficient (Wildman–Crippen LogP) is 3.09. The highest BCUT2D eigenvalue weighted by atomic mass is 19.2. The van der Waals surface area contributed by atoms with Crippen molar-refractivity contribution in [3.05, 3.63) is 59.7 Å². The van der Waals surface area contributed by atoms with E-state index in [1.807, 2.05) is 0 Å². The van der Waals surface area contributed by atoms with Gasteiger partial charge in [0.2, 0.25) is 0 Å². The number of halogens is 4. The predicted molar refractivity (Wildman–Crippen MR) is 61.5 cm³/mol. The minimum absolute atomic E-state index is 0.157. The standard InChI is InChI=1S/2C6H5F2N/c2*7-4-2-1-3-5(9)6(4)8/h2*1-3H,9H2. The summed E-state index contributed by atoms with van der Waals surface area (Å²) in [6.07, 6.45) is 0. The third kappa shape index (κ3) is 3.38. The van der Waals surface area contributed by atoms with Crippen molar-refractivity contribution in [3.8, 4) is 0 Å². The van der Waals surface area contributed by atoms with Crippen LogP contribution in [0.3, 0.4) is 0 Å². The summed E-state index contributed by atoms with van der Waals surface area (Å²) in [5, 5.41) is 0. The van der Waals surface area contributed by atoms with E-state index in [0.717, 1.165) is 12.1 Å². The van der Waals surface area contributed by atoms with E-state index in [4.69, 9.17) is 11.5 Å². The topological polar surface area (TPSA) is 52.0 Å². The second-order valence-electron chi connectivity index (χ2n) is 3.29. The minimum atomic E-state index is -0.975. The summed E-state index contributed by atoms with van der Waals surface area (Å²) in [5.41, 5.74) is 9.70. The molecule has 0 aliphatic rings. The van der Waals surface area contributed by atoms with E-state index in [1.165, 1.54) is 24.3 Å². The first-order chi connectivity index (χ1) is 8.43. The maximum atomic E-state index is 12.2. The molecule has 0 aliphatic carbocycles. The van der Waals surface area contributed by atoms with E-state index in [-0.39, 0.29) is 11.4 Å². The number of nitrogen functional groups attached to an aromatic ring is 2. The minimum Gasteiger partial charge on any atom is -0.396 e. The zero-order chi connectivity index (χ0) is 13.7. The van der Waals surface area contributed by atoms with E-state index < -0.39 is 23.3 Å². The third-order valence-electron chi connectivity index (χ3n) is 1.96. The molecule has 2 aromatic carbocycles. The molecule has 6 heteroatoms. The van der Waals surface area contributed by atoms with Gasteiger partial charge in [0, 0.05) is 0 Å². The first kappa shape index (κ1) is 13.8. The summed E-state index contributed by atoms with van der Waals surface area (Å²) in [6.45, 7) is 0. The molecule has 0 unspecified atom stereocenters. The summed E-state index contributed by atoms with van der Waals surface area (Å²) in [7, 11) is 0. The molecule has 0 aliphatic heterocycles. The van der Waals surface area contributed by atoms with Crippen LogP contribution in [0.5, 0.6) is 0 Å². The molecule has 0 radical (unpaired) electrons. The molecule has 4 N–H and O–H groups in total. The van der Waals surface area contributed by atoms with Gasteiger partial charge in [-0.25, -0.2) is 17.6 Å². The van der Waals surface area contributed by atoms with Gasteiger partial charge >= 0.3 is 0 Å². The Bertz CT molecular complexity index is 454. The summed E-state index contributed by atoms with van der Waals surface area (Å²) in [4.78, 5) is 0. The maximum Gasteiger partial charge on any atom is 0.181 e. The van der Waals surface area contributed by atoms with Crippen LogP contribution in [-0.4, -0.2) is 0 Å². The second-order valence-corrected chi connectivity index (χ2v) is 3.29. The SMILES string of the molecule is Nc1cccc(F)c1F.Nc1cccc(F)c1F. The number of rotatable bonds is 0. The quantitative estimate of drug-likeness (QED) is 0.563. The fourth-order valence-corrected chi connectivity index (χ4v) is 1.04. The molecule has 0 fully saturated rings. The lowest BCUT2D eigenvalue weighted by Crippen LogP contribution is -1.92. The molecule has 0 amide bonds. The Morgan fingerprint density at radius 3 is 1.17 bits per heavy atom. The first-order valence-corrected chi connectivity index (χ1v) is 4.82. The molecular weight excluding hydrogens is 248 g/mol. The van der Waals surface area contributed by atoms with Crippen molar-refractivity contribution in [2.75, 3.05) is 11.5 Å². The van der Waals surface area contributed by atoms with Crippen LogP contribution in [0.1, 0.15) is 0 Å². The molecule has 18 heavy (non-hydrogen) atoms. The Hall–Kier alpha value is -2.24. The Kier molecular flexibility index (Phi) is 4.53. The molecule has 0 saturated heterocycles. The van der Waals surface area contributed by atoms with Gasteiger partial charge in [-0.3, -0.25) is 0 Å². The number of anilines is 2. The zero-order valence-corrected chi connectivity index (χ0v) is 9.13. The smallest absolute Gasteiger partial charge is 0.181 e. The van der Waals surface area contributed by atoms with Crippen LogP contribution in [0.2, 0.25) is 0 Å². The monoisotopic (exact) mass is 258 g/mol. The zero-order valence-electron chi connectivity index (χ0n) is 9.13. The average molecular weight is 258 g/mol. The molecule has 0 atom stereocenters. The van der Waals surface area contributed by atoms with E-state index in [0.29, 0.717) is 0 Å². The van der Waals surface area contributed by atoms with Crippen molar-refractivity contribution < 1.29 is 17.6 Å².